The molecule has 8 heteroatoms. The molecule has 0 aromatic carbocycles. The van der Waals surface area contributed by atoms with Crippen molar-refractivity contribution in [2.24, 2.45) is 0 Å². The average molecular weight is 307 g/mol. The van der Waals surface area contributed by atoms with Gasteiger partial charge in [-0.1, -0.05) is 0 Å². The van der Waals surface area contributed by atoms with Crippen LogP contribution in [0.3, 0.4) is 0 Å². The van der Waals surface area contributed by atoms with Gasteiger partial charge in [0.1, 0.15) is 0 Å². The molecule has 0 radical (unpaired) electrons. The first kappa shape index (κ1) is 19.8. The van der Waals surface area contributed by atoms with Gasteiger partial charge in [-0.15, -0.1) is 0 Å². The molecule has 0 spiro atoms. The molecule has 1 amide bonds. The van der Waals surface area contributed by atoms with E-state index in [4.69, 9.17) is 18.9 Å². The van der Waals surface area contributed by atoms with Gasteiger partial charge >= 0.3 is 5.97 Å². The van der Waals surface area contributed by atoms with Crippen LogP contribution >= 0.6 is 0 Å². The minimum atomic E-state index is -0.801. The molecule has 8 nitrogen and oxygen atoms in total. The third kappa shape index (κ3) is 12.2. The zero-order valence-electron chi connectivity index (χ0n) is 12.9. The van der Waals surface area contributed by atoms with Gasteiger partial charge in [0, 0.05) is 14.0 Å². The molecular formula is C13H25NO7. The molecule has 0 aromatic rings. The van der Waals surface area contributed by atoms with Gasteiger partial charge < -0.3 is 29.0 Å². The maximum atomic E-state index is 11.4. The second-order valence-electron chi connectivity index (χ2n) is 4.07. The molecular weight excluding hydrogens is 282 g/mol. The van der Waals surface area contributed by atoms with Crippen LogP contribution in [0.15, 0.2) is 0 Å². The molecule has 0 heterocycles. The van der Waals surface area contributed by atoms with E-state index >= 15 is 0 Å². The highest BCUT2D eigenvalue weighted by Gasteiger charge is 2.19. The molecule has 0 fully saturated rings. The SMILES string of the molecule is COCCOCCOCCOCC(NC(C)=O)C(=O)OC. The molecule has 124 valence electrons. The van der Waals surface area contributed by atoms with E-state index in [-0.39, 0.29) is 12.5 Å². The van der Waals surface area contributed by atoms with Crippen molar-refractivity contribution in [3.05, 3.63) is 0 Å². The van der Waals surface area contributed by atoms with E-state index in [1.807, 2.05) is 0 Å². The van der Waals surface area contributed by atoms with E-state index < -0.39 is 12.0 Å². The van der Waals surface area contributed by atoms with Crippen LogP contribution in [-0.2, 0) is 33.3 Å². The molecule has 0 bridgehead atoms. The van der Waals surface area contributed by atoms with Crippen LogP contribution in [0.25, 0.3) is 0 Å². The summed E-state index contributed by atoms with van der Waals surface area (Å²) in [6, 6.07) is -0.801. The van der Waals surface area contributed by atoms with Gasteiger partial charge in [0.05, 0.1) is 53.4 Å². The highest BCUT2D eigenvalue weighted by Crippen LogP contribution is 1.91. The normalized spacial score (nSPS) is 12.0. The average Bonchev–Trinajstić information content (AvgIpc) is 2.46. The topological polar surface area (TPSA) is 92.3 Å². The van der Waals surface area contributed by atoms with Crippen LogP contribution in [-0.4, -0.2) is 78.4 Å². The van der Waals surface area contributed by atoms with Crippen LogP contribution in [0.4, 0.5) is 0 Å². The lowest BCUT2D eigenvalue weighted by molar-refractivity contribution is -0.146. The van der Waals surface area contributed by atoms with E-state index in [1.54, 1.807) is 7.11 Å². The summed E-state index contributed by atoms with van der Waals surface area (Å²) in [4.78, 5) is 22.3. The summed E-state index contributed by atoms with van der Waals surface area (Å²) in [7, 11) is 2.86. The zero-order valence-corrected chi connectivity index (χ0v) is 12.9. The van der Waals surface area contributed by atoms with Crippen LogP contribution in [0.2, 0.25) is 0 Å². The summed E-state index contributed by atoms with van der Waals surface area (Å²) in [6.45, 7) is 4.09. The number of ether oxygens (including phenoxy) is 5. The summed E-state index contributed by atoms with van der Waals surface area (Å²) in [5.41, 5.74) is 0. The van der Waals surface area contributed by atoms with Crippen LogP contribution in [0.5, 0.6) is 0 Å². The first-order valence-electron chi connectivity index (χ1n) is 6.69. The maximum absolute atomic E-state index is 11.4. The molecule has 0 aliphatic rings. The largest absolute Gasteiger partial charge is 0.467 e. The lowest BCUT2D eigenvalue weighted by Gasteiger charge is -2.15. The first-order chi connectivity index (χ1) is 10.1. The molecule has 1 atom stereocenters. The van der Waals surface area contributed by atoms with Crippen molar-refractivity contribution in [3.63, 3.8) is 0 Å². The van der Waals surface area contributed by atoms with Gasteiger partial charge in [0.2, 0.25) is 5.91 Å². The van der Waals surface area contributed by atoms with Crippen LogP contribution < -0.4 is 5.32 Å². The fourth-order valence-corrected chi connectivity index (χ4v) is 1.34. The summed E-state index contributed by atoms with van der Waals surface area (Å²) in [5.74, 6) is -0.865. The van der Waals surface area contributed by atoms with Crippen molar-refractivity contribution in [3.8, 4) is 0 Å². The van der Waals surface area contributed by atoms with Gasteiger partial charge in [-0.05, 0) is 0 Å². The Morgan fingerprint density at radius 3 is 1.90 bits per heavy atom. The highest BCUT2D eigenvalue weighted by molar-refractivity contribution is 5.83. The third-order valence-corrected chi connectivity index (χ3v) is 2.32. The Hall–Kier alpha value is -1.22. The van der Waals surface area contributed by atoms with Gasteiger partial charge in [-0.2, -0.15) is 0 Å². The lowest BCUT2D eigenvalue weighted by Crippen LogP contribution is -2.43. The summed E-state index contributed by atoms with van der Waals surface area (Å²) in [6.07, 6.45) is 0. The third-order valence-electron chi connectivity index (χ3n) is 2.32. The van der Waals surface area contributed by atoms with Gasteiger partial charge in [-0.3, -0.25) is 4.79 Å². The van der Waals surface area contributed by atoms with E-state index in [0.717, 1.165) is 0 Å². The Labute approximate surface area is 125 Å². The van der Waals surface area contributed by atoms with Crippen molar-refractivity contribution < 1.29 is 33.3 Å². The molecule has 0 saturated carbocycles. The fraction of sp³-hybridized carbons (Fsp3) is 0.846. The van der Waals surface area contributed by atoms with Gasteiger partial charge in [-0.25, -0.2) is 4.79 Å². The van der Waals surface area contributed by atoms with E-state index in [1.165, 1.54) is 14.0 Å². The number of hydrogen-bond donors (Lipinski definition) is 1. The Kier molecular flexibility index (Phi) is 13.0. The summed E-state index contributed by atoms with van der Waals surface area (Å²) < 4.78 is 25.1. The first-order valence-corrected chi connectivity index (χ1v) is 6.69. The summed E-state index contributed by atoms with van der Waals surface area (Å²) in [5, 5.41) is 2.45. The number of carbonyl (C=O) groups excluding carboxylic acids is 2. The minimum Gasteiger partial charge on any atom is -0.467 e. The lowest BCUT2D eigenvalue weighted by atomic mass is 10.3. The number of nitrogens with one attached hydrogen (secondary N) is 1. The quantitative estimate of drug-likeness (QED) is 0.357. The van der Waals surface area contributed by atoms with Crippen molar-refractivity contribution >= 4 is 11.9 Å². The second-order valence-corrected chi connectivity index (χ2v) is 4.07. The van der Waals surface area contributed by atoms with E-state index in [0.29, 0.717) is 39.6 Å². The Morgan fingerprint density at radius 2 is 1.43 bits per heavy atom. The predicted molar refractivity (Wildman–Crippen MR) is 74.0 cm³/mol. The Morgan fingerprint density at radius 1 is 0.905 bits per heavy atom. The second kappa shape index (κ2) is 13.7. The molecule has 0 aromatic heterocycles. The van der Waals surface area contributed by atoms with Gasteiger partial charge in [0.25, 0.3) is 0 Å². The Balaban J connectivity index is 3.53. The fourth-order valence-electron chi connectivity index (χ4n) is 1.34. The predicted octanol–water partition coefficient (Wildman–Crippen LogP) is -0.640. The monoisotopic (exact) mass is 307 g/mol. The molecule has 0 aliphatic carbocycles. The number of rotatable bonds is 13. The standard InChI is InChI=1S/C13H25NO7/c1-11(15)14-12(13(16)18-3)10-21-9-8-20-7-6-19-5-4-17-2/h12H,4-10H2,1-3H3,(H,14,15). The number of amides is 1. The number of methoxy groups -OCH3 is 2. The molecule has 1 N–H and O–H groups in total. The molecule has 21 heavy (non-hydrogen) atoms. The van der Waals surface area contributed by atoms with Crippen LogP contribution in [0.1, 0.15) is 6.92 Å². The zero-order chi connectivity index (χ0) is 15.9. The van der Waals surface area contributed by atoms with Crippen molar-refractivity contribution in [2.75, 3.05) is 60.5 Å². The molecule has 0 rings (SSSR count). The van der Waals surface area contributed by atoms with E-state index in [2.05, 4.69) is 10.1 Å². The van der Waals surface area contributed by atoms with Crippen molar-refractivity contribution in [1.82, 2.24) is 5.32 Å². The van der Waals surface area contributed by atoms with Crippen LogP contribution in [0, 0.1) is 0 Å². The van der Waals surface area contributed by atoms with Crippen molar-refractivity contribution in [2.45, 2.75) is 13.0 Å². The highest BCUT2D eigenvalue weighted by atomic mass is 16.6. The number of hydrogen-bond acceptors (Lipinski definition) is 7. The van der Waals surface area contributed by atoms with E-state index in [9.17, 15) is 9.59 Å². The van der Waals surface area contributed by atoms with Crippen molar-refractivity contribution in [1.29, 1.82) is 0 Å². The molecule has 0 aliphatic heterocycles. The number of carbonyl (C=O) groups is 2. The van der Waals surface area contributed by atoms with Gasteiger partial charge in [0.15, 0.2) is 6.04 Å². The molecule has 1 unspecified atom stereocenters. The number of esters is 1. The molecule has 0 saturated heterocycles. The summed E-state index contributed by atoms with van der Waals surface area (Å²) >= 11 is 0. The maximum Gasteiger partial charge on any atom is 0.330 e. The smallest absolute Gasteiger partial charge is 0.330 e. The Bertz CT molecular complexity index is 286. The minimum absolute atomic E-state index is 0.0416.